The number of primary amides is 1. The Hall–Kier alpha value is -2.33. The minimum Gasteiger partial charge on any atom is -0.508 e. The lowest BCUT2D eigenvalue weighted by molar-refractivity contribution is -0.124. The summed E-state index contributed by atoms with van der Waals surface area (Å²) in [4.78, 5) is 12.0. The summed E-state index contributed by atoms with van der Waals surface area (Å²) in [5.74, 6) is -0.196. The van der Waals surface area contributed by atoms with E-state index in [0.717, 1.165) is 11.1 Å². The second kappa shape index (κ2) is 6.62. The van der Waals surface area contributed by atoms with E-state index in [9.17, 15) is 9.90 Å². The van der Waals surface area contributed by atoms with E-state index in [0.29, 0.717) is 6.42 Å². The van der Waals surface area contributed by atoms with Gasteiger partial charge in [0.1, 0.15) is 5.75 Å². The number of phenolic OH excluding ortho intramolecular Hbond substituents is 1. The van der Waals surface area contributed by atoms with Crippen molar-refractivity contribution in [3.63, 3.8) is 0 Å². The van der Waals surface area contributed by atoms with Crippen LogP contribution in [0.3, 0.4) is 0 Å². The van der Waals surface area contributed by atoms with E-state index in [1.165, 1.54) is 0 Å². The minimum absolute atomic E-state index is 0.00387. The van der Waals surface area contributed by atoms with Crippen LogP contribution in [-0.4, -0.2) is 16.6 Å². The number of hydrogen-bond acceptors (Lipinski definition) is 3. The summed E-state index contributed by atoms with van der Waals surface area (Å²) in [5, 5.41) is 12.7. The van der Waals surface area contributed by atoms with Crippen molar-refractivity contribution < 1.29 is 9.90 Å². The minimum atomic E-state index is -0.869. The van der Waals surface area contributed by atoms with Gasteiger partial charge in [0, 0.05) is 6.04 Å². The lowest BCUT2D eigenvalue weighted by atomic mass is 9.90. The normalized spacial score (nSPS) is 15.0. The molecule has 0 bridgehead atoms. The van der Waals surface area contributed by atoms with Crippen molar-refractivity contribution >= 4 is 5.91 Å². The van der Waals surface area contributed by atoms with Gasteiger partial charge in [0.2, 0.25) is 5.91 Å². The standard InChI is InChI=1S/C18H22N2O2/c1-13(15-6-4-3-5-7-15)20-18(2,17(19)22)12-14-8-10-16(21)11-9-14/h3-11,13,20-21H,12H2,1-2H3,(H2,19,22)/t13-,18+/m0/s1. The van der Waals surface area contributed by atoms with Crippen LogP contribution in [0.2, 0.25) is 0 Å². The first-order valence-electron chi connectivity index (χ1n) is 7.31. The van der Waals surface area contributed by atoms with Crippen LogP contribution in [0.1, 0.15) is 31.0 Å². The molecule has 0 aliphatic rings. The number of aromatic hydroxyl groups is 1. The van der Waals surface area contributed by atoms with Gasteiger partial charge in [-0.2, -0.15) is 0 Å². The lowest BCUT2D eigenvalue weighted by Gasteiger charge is -2.31. The molecule has 2 rings (SSSR count). The Morgan fingerprint density at radius 2 is 1.77 bits per heavy atom. The highest BCUT2D eigenvalue weighted by Crippen LogP contribution is 2.21. The van der Waals surface area contributed by atoms with Crippen LogP contribution in [-0.2, 0) is 11.2 Å². The number of nitrogens with two attached hydrogens (primary N) is 1. The third-order valence-electron chi connectivity index (χ3n) is 3.87. The molecular weight excluding hydrogens is 276 g/mol. The van der Waals surface area contributed by atoms with E-state index in [4.69, 9.17) is 5.73 Å². The van der Waals surface area contributed by atoms with Crippen molar-refractivity contribution in [1.82, 2.24) is 5.32 Å². The molecule has 0 heterocycles. The van der Waals surface area contributed by atoms with Gasteiger partial charge in [-0.25, -0.2) is 0 Å². The fraction of sp³-hybridized carbons (Fsp3) is 0.278. The predicted molar refractivity (Wildman–Crippen MR) is 87.4 cm³/mol. The zero-order valence-corrected chi connectivity index (χ0v) is 12.9. The number of hydrogen-bond donors (Lipinski definition) is 3. The summed E-state index contributed by atoms with van der Waals surface area (Å²) in [6.45, 7) is 3.81. The molecule has 22 heavy (non-hydrogen) atoms. The van der Waals surface area contributed by atoms with Gasteiger partial charge in [-0.05, 0) is 43.5 Å². The maximum Gasteiger partial charge on any atom is 0.237 e. The van der Waals surface area contributed by atoms with Crippen LogP contribution in [0, 0.1) is 0 Å². The molecule has 0 saturated carbocycles. The molecule has 1 amide bonds. The van der Waals surface area contributed by atoms with Crippen LogP contribution in [0.5, 0.6) is 5.75 Å². The van der Waals surface area contributed by atoms with Crippen molar-refractivity contribution in [3.8, 4) is 5.75 Å². The number of phenols is 1. The fourth-order valence-electron chi connectivity index (χ4n) is 2.53. The number of rotatable bonds is 6. The van der Waals surface area contributed by atoms with Gasteiger partial charge in [0.25, 0.3) is 0 Å². The Kier molecular flexibility index (Phi) is 4.83. The smallest absolute Gasteiger partial charge is 0.237 e. The third-order valence-corrected chi connectivity index (χ3v) is 3.87. The van der Waals surface area contributed by atoms with E-state index in [-0.39, 0.29) is 11.8 Å². The molecule has 2 aromatic carbocycles. The van der Waals surface area contributed by atoms with Gasteiger partial charge < -0.3 is 10.8 Å². The molecule has 116 valence electrons. The van der Waals surface area contributed by atoms with Gasteiger partial charge >= 0.3 is 0 Å². The van der Waals surface area contributed by atoms with Gasteiger partial charge in [-0.3, -0.25) is 10.1 Å². The van der Waals surface area contributed by atoms with Gasteiger partial charge in [-0.15, -0.1) is 0 Å². The average molecular weight is 298 g/mol. The van der Waals surface area contributed by atoms with Crippen LogP contribution >= 0.6 is 0 Å². The summed E-state index contributed by atoms with van der Waals surface area (Å²) >= 11 is 0. The highest BCUT2D eigenvalue weighted by Gasteiger charge is 2.32. The first-order chi connectivity index (χ1) is 10.4. The number of nitrogens with one attached hydrogen (secondary N) is 1. The van der Waals surface area contributed by atoms with Crippen LogP contribution in [0.25, 0.3) is 0 Å². The highest BCUT2D eigenvalue weighted by molar-refractivity contribution is 5.84. The van der Waals surface area contributed by atoms with Crippen LogP contribution in [0.4, 0.5) is 0 Å². The Labute approximate surface area is 131 Å². The monoisotopic (exact) mass is 298 g/mol. The molecule has 0 aromatic heterocycles. The number of carbonyl (C=O) groups excluding carboxylic acids is 1. The predicted octanol–water partition coefficient (Wildman–Crippen LogP) is 2.53. The third kappa shape index (κ3) is 3.86. The van der Waals surface area contributed by atoms with E-state index < -0.39 is 11.4 Å². The van der Waals surface area contributed by atoms with E-state index in [2.05, 4.69) is 5.32 Å². The quantitative estimate of drug-likeness (QED) is 0.767. The largest absolute Gasteiger partial charge is 0.508 e. The zero-order chi connectivity index (χ0) is 16.2. The maximum atomic E-state index is 12.0. The van der Waals surface area contributed by atoms with Gasteiger partial charge in [0.05, 0.1) is 5.54 Å². The average Bonchev–Trinajstić information content (AvgIpc) is 2.50. The first-order valence-corrected chi connectivity index (χ1v) is 7.31. The fourth-order valence-corrected chi connectivity index (χ4v) is 2.53. The van der Waals surface area contributed by atoms with E-state index in [1.54, 1.807) is 24.3 Å². The van der Waals surface area contributed by atoms with Gasteiger partial charge in [0.15, 0.2) is 0 Å². The molecule has 0 saturated heterocycles. The van der Waals surface area contributed by atoms with E-state index >= 15 is 0 Å². The van der Waals surface area contributed by atoms with Crippen LogP contribution in [0.15, 0.2) is 54.6 Å². The highest BCUT2D eigenvalue weighted by atomic mass is 16.3. The molecule has 0 radical (unpaired) electrons. The molecular formula is C18H22N2O2. The summed E-state index contributed by atoms with van der Waals surface area (Å²) in [6, 6.07) is 16.7. The van der Waals surface area contributed by atoms with Crippen molar-refractivity contribution in [1.29, 1.82) is 0 Å². The summed E-state index contributed by atoms with van der Waals surface area (Å²) in [6.07, 6.45) is 0.458. The molecule has 0 aliphatic heterocycles. The number of benzene rings is 2. The summed E-state index contributed by atoms with van der Waals surface area (Å²) in [5.41, 5.74) is 6.79. The molecule has 4 N–H and O–H groups in total. The zero-order valence-electron chi connectivity index (χ0n) is 12.9. The maximum absolute atomic E-state index is 12.0. The molecule has 0 aliphatic carbocycles. The summed E-state index contributed by atoms with van der Waals surface area (Å²) in [7, 11) is 0. The molecule has 4 nitrogen and oxygen atoms in total. The van der Waals surface area contributed by atoms with Crippen molar-refractivity contribution in [2.45, 2.75) is 31.8 Å². The van der Waals surface area contributed by atoms with Gasteiger partial charge in [-0.1, -0.05) is 42.5 Å². The van der Waals surface area contributed by atoms with Crippen LogP contribution < -0.4 is 11.1 Å². The first kappa shape index (κ1) is 16.0. The number of carbonyl (C=O) groups is 1. The summed E-state index contributed by atoms with van der Waals surface area (Å²) < 4.78 is 0. The second-order valence-electron chi connectivity index (χ2n) is 5.82. The van der Waals surface area contributed by atoms with Crippen molar-refractivity contribution in [2.24, 2.45) is 5.73 Å². The Bertz CT molecular complexity index is 625. The topological polar surface area (TPSA) is 75.3 Å². The molecule has 4 heteroatoms. The Morgan fingerprint density at radius 3 is 2.32 bits per heavy atom. The molecule has 2 atom stereocenters. The SMILES string of the molecule is C[C@H](N[C@](C)(Cc1ccc(O)cc1)C(N)=O)c1ccccc1. The molecule has 0 fully saturated rings. The number of amides is 1. The molecule has 0 unspecified atom stereocenters. The van der Waals surface area contributed by atoms with Crippen molar-refractivity contribution in [3.05, 3.63) is 65.7 Å². The lowest BCUT2D eigenvalue weighted by Crippen LogP contribution is -2.55. The Balaban J connectivity index is 2.17. The molecule has 0 spiro atoms. The van der Waals surface area contributed by atoms with Crippen molar-refractivity contribution in [2.75, 3.05) is 0 Å². The second-order valence-corrected chi connectivity index (χ2v) is 5.82. The Morgan fingerprint density at radius 1 is 1.18 bits per heavy atom. The molecule has 2 aromatic rings. The van der Waals surface area contributed by atoms with E-state index in [1.807, 2.05) is 44.2 Å².